The lowest BCUT2D eigenvalue weighted by molar-refractivity contribution is -0.122. The first-order valence-corrected chi connectivity index (χ1v) is 6.06. The van der Waals surface area contributed by atoms with Crippen molar-refractivity contribution in [2.45, 2.75) is 12.5 Å². The summed E-state index contributed by atoms with van der Waals surface area (Å²) in [5.41, 5.74) is 0.508. The summed E-state index contributed by atoms with van der Waals surface area (Å²) in [5.74, 6) is -0.306. The number of H-pyrrole nitrogens is 1. The lowest BCUT2D eigenvalue weighted by Gasteiger charge is -2.10. The van der Waals surface area contributed by atoms with E-state index in [-0.39, 0.29) is 23.4 Å². The predicted molar refractivity (Wildman–Crippen MR) is 70.2 cm³/mol. The number of hydrogen-bond donors (Lipinski definition) is 2. The van der Waals surface area contributed by atoms with E-state index in [1.165, 1.54) is 36.7 Å². The quantitative estimate of drug-likeness (QED) is 0.870. The second kappa shape index (κ2) is 4.80. The first kappa shape index (κ1) is 12.4. The molecular weight excluding hydrogens is 263 g/mol. The Morgan fingerprint density at radius 2 is 2.25 bits per heavy atom. The molecule has 0 spiro atoms. The zero-order valence-electron chi connectivity index (χ0n) is 10.4. The number of aromatic amines is 1. The van der Waals surface area contributed by atoms with Crippen molar-refractivity contribution in [3.63, 3.8) is 0 Å². The van der Waals surface area contributed by atoms with Gasteiger partial charge in [-0.2, -0.15) is 0 Å². The van der Waals surface area contributed by atoms with Crippen LogP contribution >= 0.6 is 0 Å². The monoisotopic (exact) mass is 274 g/mol. The van der Waals surface area contributed by atoms with E-state index in [0.29, 0.717) is 11.3 Å². The summed E-state index contributed by atoms with van der Waals surface area (Å²) in [6, 6.07) is 5.43. The SMILES string of the molecule is O=C(Nc1c[nH]ccc1=O)[C@@H]1Cc2cc(F)ccc2O1. The minimum atomic E-state index is -0.758. The lowest BCUT2D eigenvalue weighted by atomic mass is 10.1. The minimum absolute atomic E-state index is 0.156. The van der Waals surface area contributed by atoms with E-state index in [1.54, 1.807) is 0 Å². The van der Waals surface area contributed by atoms with Gasteiger partial charge in [-0.15, -0.1) is 0 Å². The van der Waals surface area contributed by atoms with Gasteiger partial charge in [0.05, 0.1) is 0 Å². The van der Waals surface area contributed by atoms with E-state index in [4.69, 9.17) is 4.74 Å². The van der Waals surface area contributed by atoms with Crippen molar-refractivity contribution in [2.75, 3.05) is 5.32 Å². The minimum Gasteiger partial charge on any atom is -0.480 e. The first-order chi connectivity index (χ1) is 9.63. The van der Waals surface area contributed by atoms with Crippen molar-refractivity contribution >= 4 is 11.6 Å². The summed E-state index contributed by atoms with van der Waals surface area (Å²) in [4.78, 5) is 26.3. The molecule has 0 unspecified atom stereocenters. The van der Waals surface area contributed by atoms with Gasteiger partial charge in [-0.05, 0) is 18.2 Å². The van der Waals surface area contributed by atoms with Gasteiger partial charge in [0.2, 0.25) is 5.43 Å². The summed E-state index contributed by atoms with van der Waals surface area (Å²) < 4.78 is 18.5. The Kier molecular flexibility index (Phi) is 2.98. The molecule has 1 aliphatic heterocycles. The normalized spacial score (nSPS) is 16.4. The molecule has 0 bridgehead atoms. The van der Waals surface area contributed by atoms with Crippen LogP contribution in [0.2, 0.25) is 0 Å². The summed E-state index contributed by atoms with van der Waals surface area (Å²) >= 11 is 0. The number of halogens is 1. The first-order valence-electron chi connectivity index (χ1n) is 6.06. The van der Waals surface area contributed by atoms with Gasteiger partial charge in [-0.1, -0.05) is 0 Å². The van der Waals surface area contributed by atoms with Crippen molar-refractivity contribution in [2.24, 2.45) is 0 Å². The van der Waals surface area contributed by atoms with Crippen LogP contribution in [0.3, 0.4) is 0 Å². The highest BCUT2D eigenvalue weighted by molar-refractivity contribution is 5.94. The van der Waals surface area contributed by atoms with Gasteiger partial charge in [0.15, 0.2) is 6.10 Å². The molecule has 3 rings (SSSR count). The molecule has 5 nitrogen and oxygen atoms in total. The smallest absolute Gasteiger partial charge is 0.265 e. The van der Waals surface area contributed by atoms with Crippen LogP contribution in [0.25, 0.3) is 0 Å². The Hall–Kier alpha value is -2.63. The molecule has 6 heteroatoms. The van der Waals surface area contributed by atoms with E-state index < -0.39 is 12.0 Å². The number of aromatic nitrogens is 1. The van der Waals surface area contributed by atoms with Crippen molar-refractivity contribution in [1.82, 2.24) is 4.98 Å². The Morgan fingerprint density at radius 1 is 1.40 bits per heavy atom. The third kappa shape index (κ3) is 2.27. The largest absolute Gasteiger partial charge is 0.480 e. The van der Waals surface area contributed by atoms with Crippen molar-refractivity contribution in [3.8, 4) is 5.75 Å². The van der Waals surface area contributed by atoms with Crippen LogP contribution in [-0.4, -0.2) is 17.0 Å². The van der Waals surface area contributed by atoms with Crippen LogP contribution in [0, 0.1) is 5.82 Å². The number of ether oxygens (including phenoxy) is 1. The Balaban J connectivity index is 1.75. The number of pyridine rings is 1. The molecule has 1 atom stereocenters. The number of benzene rings is 1. The van der Waals surface area contributed by atoms with Gasteiger partial charge < -0.3 is 15.0 Å². The molecular formula is C14H11FN2O3. The zero-order chi connectivity index (χ0) is 14.1. The van der Waals surface area contributed by atoms with Crippen molar-refractivity contribution < 1.29 is 13.9 Å². The number of fused-ring (bicyclic) bond motifs is 1. The molecule has 102 valence electrons. The molecule has 1 aliphatic rings. The summed E-state index contributed by atoms with van der Waals surface area (Å²) in [6.07, 6.45) is 2.40. The van der Waals surface area contributed by atoms with Crippen LogP contribution in [0.5, 0.6) is 5.75 Å². The average molecular weight is 274 g/mol. The number of amides is 1. The van der Waals surface area contributed by atoms with Crippen LogP contribution < -0.4 is 15.5 Å². The molecule has 2 heterocycles. The topological polar surface area (TPSA) is 71.2 Å². The predicted octanol–water partition coefficient (Wildman–Crippen LogP) is 1.46. The summed E-state index contributed by atoms with van der Waals surface area (Å²) in [7, 11) is 0. The number of rotatable bonds is 2. The van der Waals surface area contributed by atoms with E-state index in [9.17, 15) is 14.0 Å². The molecule has 2 N–H and O–H groups in total. The number of nitrogens with one attached hydrogen (secondary N) is 2. The molecule has 1 aromatic heterocycles. The molecule has 1 aromatic carbocycles. The van der Waals surface area contributed by atoms with E-state index >= 15 is 0 Å². The van der Waals surface area contributed by atoms with Gasteiger partial charge in [0, 0.05) is 30.4 Å². The molecule has 2 aromatic rings. The zero-order valence-corrected chi connectivity index (χ0v) is 10.4. The highest BCUT2D eigenvalue weighted by Crippen LogP contribution is 2.29. The van der Waals surface area contributed by atoms with Gasteiger partial charge in [0.25, 0.3) is 5.91 Å². The van der Waals surface area contributed by atoms with Crippen LogP contribution in [0.1, 0.15) is 5.56 Å². The maximum Gasteiger partial charge on any atom is 0.265 e. The lowest BCUT2D eigenvalue weighted by Crippen LogP contribution is -2.33. The van der Waals surface area contributed by atoms with Crippen LogP contribution in [-0.2, 0) is 11.2 Å². The molecule has 0 fully saturated rings. The van der Waals surface area contributed by atoms with E-state index in [0.717, 1.165) is 0 Å². The van der Waals surface area contributed by atoms with Gasteiger partial charge >= 0.3 is 0 Å². The van der Waals surface area contributed by atoms with E-state index in [1.807, 2.05) is 0 Å². The fraction of sp³-hybridized carbons (Fsp3) is 0.143. The Labute approximate surface area is 113 Å². The Morgan fingerprint density at radius 3 is 3.05 bits per heavy atom. The fourth-order valence-electron chi connectivity index (χ4n) is 2.09. The maximum absolute atomic E-state index is 13.1. The van der Waals surface area contributed by atoms with E-state index in [2.05, 4.69) is 10.3 Å². The highest BCUT2D eigenvalue weighted by atomic mass is 19.1. The molecule has 0 radical (unpaired) electrons. The maximum atomic E-state index is 13.1. The standard InChI is InChI=1S/C14H11FN2O3/c15-9-1-2-12-8(5-9)6-13(20-12)14(19)17-10-7-16-4-3-11(10)18/h1-5,7,13H,6H2,(H,16,18)(H,17,19)/t13-/m0/s1. The molecule has 0 saturated carbocycles. The van der Waals surface area contributed by atoms with Gasteiger partial charge in [0.1, 0.15) is 17.3 Å². The summed E-state index contributed by atoms with van der Waals surface area (Å²) in [5, 5.41) is 2.50. The summed E-state index contributed by atoms with van der Waals surface area (Å²) in [6.45, 7) is 0. The average Bonchev–Trinajstić information content (AvgIpc) is 2.84. The third-order valence-corrected chi connectivity index (χ3v) is 3.07. The number of hydrogen-bond acceptors (Lipinski definition) is 3. The molecule has 0 saturated heterocycles. The molecule has 1 amide bonds. The third-order valence-electron chi connectivity index (χ3n) is 3.07. The number of carbonyl (C=O) groups excluding carboxylic acids is 1. The number of anilines is 1. The van der Waals surface area contributed by atoms with Crippen molar-refractivity contribution in [3.05, 3.63) is 58.3 Å². The number of carbonyl (C=O) groups is 1. The van der Waals surface area contributed by atoms with Crippen LogP contribution in [0.4, 0.5) is 10.1 Å². The molecule has 0 aliphatic carbocycles. The Bertz CT molecular complexity index is 726. The van der Waals surface area contributed by atoms with Gasteiger partial charge in [-0.3, -0.25) is 9.59 Å². The van der Waals surface area contributed by atoms with Crippen LogP contribution in [0.15, 0.2) is 41.5 Å². The fourth-order valence-corrected chi connectivity index (χ4v) is 2.09. The van der Waals surface area contributed by atoms with Gasteiger partial charge in [-0.25, -0.2) is 4.39 Å². The van der Waals surface area contributed by atoms with Crippen molar-refractivity contribution in [1.29, 1.82) is 0 Å². The second-order valence-corrected chi connectivity index (χ2v) is 4.47. The molecule has 20 heavy (non-hydrogen) atoms. The highest BCUT2D eigenvalue weighted by Gasteiger charge is 2.29. The second-order valence-electron chi connectivity index (χ2n) is 4.47.